The number of carbonyl (C=O) groups is 1. The van der Waals surface area contributed by atoms with Crippen molar-refractivity contribution in [2.75, 3.05) is 14.1 Å². The minimum Gasteiger partial charge on any atom is -0.297 e. The molecular formula is C25H27NO3S. The van der Waals surface area contributed by atoms with Crippen molar-refractivity contribution in [3.8, 4) is 0 Å². The third-order valence-electron chi connectivity index (χ3n) is 5.68. The summed E-state index contributed by atoms with van der Waals surface area (Å²) >= 11 is 0. The Balaban J connectivity index is 1.94. The van der Waals surface area contributed by atoms with E-state index < -0.39 is 15.4 Å². The molecule has 0 saturated carbocycles. The van der Waals surface area contributed by atoms with Gasteiger partial charge in [-0.15, -0.1) is 0 Å². The van der Waals surface area contributed by atoms with Crippen LogP contribution in [0.25, 0.3) is 0 Å². The van der Waals surface area contributed by atoms with Crippen LogP contribution in [-0.4, -0.2) is 38.7 Å². The van der Waals surface area contributed by atoms with Gasteiger partial charge in [-0.25, -0.2) is 8.42 Å². The molecule has 0 saturated heterocycles. The standard InChI is InChI=1S/C25H27NO3S/c1-4-25(26(2)3,19-20-11-7-5-8-12-20)24(27)21-15-17-23(18-16-21)30(28,29)22-13-9-6-10-14-22/h5-18H,4,19H2,1-3H3. The molecule has 0 aromatic heterocycles. The van der Waals surface area contributed by atoms with Crippen LogP contribution in [0, 0.1) is 0 Å². The van der Waals surface area contributed by atoms with E-state index in [9.17, 15) is 13.2 Å². The van der Waals surface area contributed by atoms with E-state index in [0.29, 0.717) is 18.4 Å². The molecular weight excluding hydrogens is 394 g/mol. The fraction of sp³-hybridized carbons (Fsp3) is 0.240. The molecule has 1 unspecified atom stereocenters. The van der Waals surface area contributed by atoms with E-state index >= 15 is 0 Å². The molecule has 0 amide bonds. The molecule has 3 aromatic rings. The molecule has 0 fully saturated rings. The van der Waals surface area contributed by atoms with E-state index in [2.05, 4.69) is 0 Å². The monoisotopic (exact) mass is 421 g/mol. The molecule has 0 radical (unpaired) electrons. The molecule has 5 heteroatoms. The highest BCUT2D eigenvalue weighted by Crippen LogP contribution is 2.29. The van der Waals surface area contributed by atoms with Crippen LogP contribution in [0.15, 0.2) is 94.7 Å². The van der Waals surface area contributed by atoms with Crippen LogP contribution in [-0.2, 0) is 16.3 Å². The maximum atomic E-state index is 13.6. The highest BCUT2D eigenvalue weighted by molar-refractivity contribution is 7.91. The molecule has 30 heavy (non-hydrogen) atoms. The van der Waals surface area contributed by atoms with Gasteiger partial charge >= 0.3 is 0 Å². The maximum absolute atomic E-state index is 13.6. The number of carbonyl (C=O) groups excluding carboxylic acids is 1. The number of sulfone groups is 1. The van der Waals surface area contributed by atoms with E-state index in [-0.39, 0.29) is 15.6 Å². The summed E-state index contributed by atoms with van der Waals surface area (Å²) in [6.45, 7) is 2.01. The second kappa shape index (κ2) is 8.94. The molecule has 0 N–H and O–H groups in total. The van der Waals surface area contributed by atoms with Gasteiger partial charge in [0.25, 0.3) is 0 Å². The topological polar surface area (TPSA) is 54.5 Å². The quantitative estimate of drug-likeness (QED) is 0.497. The number of hydrogen-bond acceptors (Lipinski definition) is 4. The van der Waals surface area contributed by atoms with Crippen LogP contribution < -0.4 is 0 Å². The Morgan fingerprint density at radius 3 is 1.80 bits per heavy atom. The van der Waals surface area contributed by atoms with Gasteiger partial charge in [0.05, 0.1) is 15.3 Å². The molecule has 0 aliphatic heterocycles. The summed E-state index contributed by atoms with van der Waals surface area (Å²) in [5, 5.41) is 0. The largest absolute Gasteiger partial charge is 0.297 e. The van der Waals surface area contributed by atoms with Gasteiger partial charge in [-0.2, -0.15) is 0 Å². The SMILES string of the molecule is CCC(Cc1ccccc1)(C(=O)c1ccc(S(=O)(=O)c2ccccc2)cc1)N(C)C. The summed E-state index contributed by atoms with van der Waals surface area (Å²) in [5.41, 5.74) is 0.888. The van der Waals surface area contributed by atoms with Gasteiger partial charge in [0.1, 0.15) is 0 Å². The van der Waals surface area contributed by atoms with Crippen molar-refractivity contribution in [3.63, 3.8) is 0 Å². The van der Waals surface area contributed by atoms with Gasteiger partial charge < -0.3 is 0 Å². The van der Waals surface area contributed by atoms with Crippen molar-refractivity contribution in [1.29, 1.82) is 0 Å². The van der Waals surface area contributed by atoms with Gasteiger partial charge in [-0.1, -0.05) is 67.6 Å². The maximum Gasteiger partial charge on any atom is 0.206 e. The van der Waals surface area contributed by atoms with Gasteiger partial charge in [-0.05, 0) is 56.8 Å². The molecule has 0 aliphatic rings. The summed E-state index contributed by atoms with van der Waals surface area (Å²) < 4.78 is 25.6. The third-order valence-corrected chi connectivity index (χ3v) is 7.47. The highest BCUT2D eigenvalue weighted by Gasteiger charge is 2.39. The molecule has 3 aromatic carbocycles. The smallest absolute Gasteiger partial charge is 0.206 e. The van der Waals surface area contributed by atoms with Crippen LogP contribution in [0.4, 0.5) is 0 Å². The van der Waals surface area contributed by atoms with E-state index in [0.717, 1.165) is 5.56 Å². The summed E-state index contributed by atoms with van der Waals surface area (Å²) in [6.07, 6.45) is 1.22. The lowest BCUT2D eigenvalue weighted by Crippen LogP contribution is -2.52. The van der Waals surface area contributed by atoms with Gasteiger partial charge in [0.15, 0.2) is 5.78 Å². The highest BCUT2D eigenvalue weighted by atomic mass is 32.2. The zero-order valence-electron chi connectivity index (χ0n) is 17.6. The van der Waals surface area contributed by atoms with E-state index in [1.54, 1.807) is 42.5 Å². The third kappa shape index (κ3) is 4.23. The number of Topliss-reactive ketones (excluding diaryl/α,β-unsaturated/α-hetero) is 1. The van der Waals surface area contributed by atoms with Gasteiger partial charge in [-0.3, -0.25) is 9.69 Å². The molecule has 3 rings (SSSR count). The lowest BCUT2D eigenvalue weighted by molar-refractivity contribution is 0.0666. The van der Waals surface area contributed by atoms with Crippen molar-refractivity contribution in [1.82, 2.24) is 4.90 Å². The zero-order chi connectivity index (χ0) is 21.8. The second-order valence-corrected chi connectivity index (χ2v) is 9.56. The Morgan fingerprint density at radius 1 is 0.800 bits per heavy atom. The second-order valence-electron chi connectivity index (χ2n) is 7.61. The average molecular weight is 422 g/mol. The van der Waals surface area contributed by atoms with Crippen molar-refractivity contribution in [2.24, 2.45) is 0 Å². The van der Waals surface area contributed by atoms with Crippen LogP contribution in [0.3, 0.4) is 0 Å². The number of benzene rings is 3. The Labute approximate surface area is 179 Å². The Morgan fingerprint density at radius 2 is 1.30 bits per heavy atom. The zero-order valence-corrected chi connectivity index (χ0v) is 18.4. The van der Waals surface area contributed by atoms with Crippen LogP contribution in [0.5, 0.6) is 0 Å². The molecule has 4 nitrogen and oxygen atoms in total. The van der Waals surface area contributed by atoms with Crippen molar-refractivity contribution < 1.29 is 13.2 Å². The van der Waals surface area contributed by atoms with Gasteiger partial charge in [0.2, 0.25) is 9.84 Å². The normalized spacial score (nSPS) is 13.7. The Bertz CT molecular complexity index is 1090. The van der Waals surface area contributed by atoms with E-state index in [1.807, 2.05) is 56.3 Å². The van der Waals surface area contributed by atoms with E-state index in [4.69, 9.17) is 0 Å². The summed E-state index contributed by atoms with van der Waals surface area (Å²) in [7, 11) is 0.221. The molecule has 0 heterocycles. The molecule has 0 spiro atoms. The number of nitrogens with zero attached hydrogens (tertiary/aromatic N) is 1. The van der Waals surface area contributed by atoms with Crippen molar-refractivity contribution in [3.05, 3.63) is 96.1 Å². The summed E-state index contributed by atoms with van der Waals surface area (Å²) in [6, 6.07) is 24.6. The van der Waals surface area contributed by atoms with Crippen LogP contribution in [0.2, 0.25) is 0 Å². The summed E-state index contributed by atoms with van der Waals surface area (Å²) in [4.78, 5) is 16.0. The fourth-order valence-electron chi connectivity index (χ4n) is 3.77. The van der Waals surface area contributed by atoms with E-state index in [1.165, 1.54) is 12.1 Å². The molecule has 156 valence electrons. The average Bonchev–Trinajstić information content (AvgIpc) is 2.78. The fourth-order valence-corrected chi connectivity index (χ4v) is 5.05. The Hall–Kier alpha value is -2.76. The lowest BCUT2D eigenvalue weighted by Gasteiger charge is -2.38. The molecule has 1 atom stereocenters. The molecule has 0 aliphatic carbocycles. The first-order chi connectivity index (χ1) is 14.3. The van der Waals surface area contributed by atoms with Crippen LogP contribution in [0.1, 0.15) is 29.3 Å². The van der Waals surface area contributed by atoms with Crippen molar-refractivity contribution in [2.45, 2.75) is 35.1 Å². The predicted octanol–water partition coefficient (Wildman–Crippen LogP) is 4.66. The number of likely N-dealkylation sites (N-methyl/N-ethyl adjacent to an activating group) is 1. The Kier molecular flexibility index (Phi) is 6.54. The minimum atomic E-state index is -3.61. The summed E-state index contributed by atoms with van der Waals surface area (Å²) in [5.74, 6) is -0.0116. The first kappa shape index (κ1) is 21.9. The van der Waals surface area contributed by atoms with Crippen LogP contribution >= 0.6 is 0 Å². The van der Waals surface area contributed by atoms with Gasteiger partial charge in [0, 0.05) is 5.56 Å². The number of hydrogen-bond donors (Lipinski definition) is 0. The number of rotatable bonds is 8. The minimum absolute atomic E-state index is 0.0116. The first-order valence-corrected chi connectivity index (χ1v) is 11.5. The number of ketones is 1. The molecule has 0 bridgehead atoms. The van der Waals surface area contributed by atoms with Crippen molar-refractivity contribution >= 4 is 15.6 Å². The predicted molar refractivity (Wildman–Crippen MR) is 120 cm³/mol. The first-order valence-electron chi connectivity index (χ1n) is 9.97. The lowest BCUT2D eigenvalue weighted by atomic mass is 9.80.